The normalized spacial score (nSPS) is 11.7. The molecule has 7 heteroatoms. The summed E-state index contributed by atoms with van der Waals surface area (Å²) in [6, 6.07) is 17.2. The molecule has 0 saturated carbocycles. The number of nitrogens with one attached hydrogen (secondary N) is 2. The van der Waals surface area contributed by atoms with Crippen LogP contribution in [0.4, 0.5) is 5.69 Å². The Hall–Kier alpha value is -3.48. The van der Waals surface area contributed by atoms with Crippen molar-refractivity contribution in [1.82, 2.24) is 5.43 Å². The summed E-state index contributed by atoms with van der Waals surface area (Å²) in [5.41, 5.74) is 3.04. The molecule has 0 fully saturated rings. The molecule has 2 amide bonds. The molecule has 0 atom stereocenters. The van der Waals surface area contributed by atoms with Crippen molar-refractivity contribution in [2.45, 2.75) is 6.92 Å². The van der Waals surface area contributed by atoms with E-state index in [-0.39, 0.29) is 11.4 Å². The highest BCUT2D eigenvalue weighted by molar-refractivity contribution is 6.68. The summed E-state index contributed by atoms with van der Waals surface area (Å²) in [4.78, 5) is 24.0. The molecule has 0 aromatic heterocycles. The number of amides is 2. The van der Waals surface area contributed by atoms with Crippen LogP contribution in [0.5, 0.6) is 0 Å². The second-order valence-corrected chi connectivity index (χ2v) is 4.77. The summed E-state index contributed by atoms with van der Waals surface area (Å²) < 4.78 is 0. The van der Waals surface area contributed by atoms with E-state index in [0.717, 1.165) is 0 Å². The van der Waals surface area contributed by atoms with E-state index < -0.39 is 11.8 Å². The van der Waals surface area contributed by atoms with Gasteiger partial charge in [0.05, 0.1) is 5.71 Å². The van der Waals surface area contributed by atoms with E-state index in [0.29, 0.717) is 11.3 Å². The molecule has 2 rings (SSSR count). The lowest BCUT2D eigenvalue weighted by Gasteiger charge is -2.06. The summed E-state index contributed by atoms with van der Waals surface area (Å²) in [7, 11) is 0. The molecule has 24 heavy (non-hydrogen) atoms. The molecule has 0 aliphatic heterocycles. The number of para-hydroxylation sites is 1. The van der Waals surface area contributed by atoms with Crippen LogP contribution in [0.3, 0.4) is 0 Å². The second kappa shape index (κ2) is 8.23. The third-order valence-electron chi connectivity index (χ3n) is 3.05. The van der Waals surface area contributed by atoms with Crippen LogP contribution in [-0.4, -0.2) is 28.4 Å². The lowest BCUT2D eigenvalue weighted by molar-refractivity contribution is -0.110. The SMILES string of the molecule is CC(=N/NC(=O)c1ccccc1)/C(=N/O)C(=O)Nc1ccccc1. The molecule has 0 spiro atoms. The van der Waals surface area contributed by atoms with Gasteiger partial charge in [-0.15, -0.1) is 0 Å². The smallest absolute Gasteiger partial charge is 0.279 e. The maximum Gasteiger partial charge on any atom is 0.279 e. The van der Waals surface area contributed by atoms with Crippen molar-refractivity contribution in [2.24, 2.45) is 10.3 Å². The molecule has 122 valence electrons. The van der Waals surface area contributed by atoms with Crippen LogP contribution in [0.25, 0.3) is 0 Å². The molecular weight excluding hydrogens is 308 g/mol. The predicted octanol–water partition coefficient (Wildman–Crippen LogP) is 2.26. The number of rotatable bonds is 5. The van der Waals surface area contributed by atoms with Gasteiger partial charge < -0.3 is 10.5 Å². The van der Waals surface area contributed by atoms with Crippen molar-refractivity contribution < 1.29 is 14.8 Å². The van der Waals surface area contributed by atoms with Crippen LogP contribution in [-0.2, 0) is 4.79 Å². The maximum absolute atomic E-state index is 12.1. The molecular formula is C17H16N4O3. The number of carbonyl (C=O) groups excluding carboxylic acids is 2. The highest BCUT2D eigenvalue weighted by Gasteiger charge is 2.16. The first-order valence-corrected chi connectivity index (χ1v) is 7.10. The molecule has 0 aliphatic rings. The molecule has 3 N–H and O–H groups in total. The largest absolute Gasteiger partial charge is 0.410 e. The Morgan fingerprint density at radius 1 is 0.958 bits per heavy atom. The van der Waals surface area contributed by atoms with Gasteiger partial charge in [0.2, 0.25) is 0 Å². The molecule has 0 heterocycles. The summed E-state index contributed by atoms with van der Waals surface area (Å²) in [5.74, 6) is -1.07. The van der Waals surface area contributed by atoms with E-state index in [9.17, 15) is 9.59 Å². The minimum absolute atomic E-state index is 0.0650. The first-order chi connectivity index (χ1) is 11.6. The third kappa shape index (κ3) is 4.51. The van der Waals surface area contributed by atoms with Crippen LogP contribution in [0.15, 0.2) is 70.9 Å². The summed E-state index contributed by atoms with van der Waals surface area (Å²) in [5, 5.41) is 18.4. The van der Waals surface area contributed by atoms with E-state index in [1.165, 1.54) is 6.92 Å². The zero-order chi connectivity index (χ0) is 17.4. The van der Waals surface area contributed by atoms with Gasteiger partial charge in [-0.3, -0.25) is 9.59 Å². The number of hydrogen-bond acceptors (Lipinski definition) is 5. The van der Waals surface area contributed by atoms with Crippen molar-refractivity contribution in [2.75, 3.05) is 5.32 Å². The number of hydrogen-bond donors (Lipinski definition) is 3. The molecule has 0 saturated heterocycles. The Morgan fingerprint density at radius 3 is 2.12 bits per heavy atom. The van der Waals surface area contributed by atoms with E-state index in [1.54, 1.807) is 54.6 Å². The quantitative estimate of drug-likeness (QED) is 0.446. The fourth-order valence-electron chi connectivity index (χ4n) is 1.84. The summed E-state index contributed by atoms with van der Waals surface area (Å²) >= 11 is 0. The summed E-state index contributed by atoms with van der Waals surface area (Å²) in [6.07, 6.45) is 0. The van der Waals surface area contributed by atoms with E-state index in [4.69, 9.17) is 5.21 Å². The highest BCUT2D eigenvalue weighted by atomic mass is 16.4. The number of nitrogens with zero attached hydrogens (tertiary/aromatic N) is 2. The molecule has 0 radical (unpaired) electrons. The van der Waals surface area contributed by atoms with Gasteiger partial charge in [0, 0.05) is 11.3 Å². The van der Waals surface area contributed by atoms with Gasteiger partial charge in [0.25, 0.3) is 11.8 Å². The minimum atomic E-state index is -0.640. The van der Waals surface area contributed by atoms with Crippen molar-refractivity contribution in [3.8, 4) is 0 Å². The Kier molecular flexibility index (Phi) is 5.79. The Morgan fingerprint density at radius 2 is 1.54 bits per heavy atom. The summed E-state index contributed by atoms with van der Waals surface area (Å²) in [6.45, 7) is 1.45. The first-order valence-electron chi connectivity index (χ1n) is 7.10. The van der Waals surface area contributed by atoms with Gasteiger partial charge in [-0.2, -0.15) is 5.10 Å². The number of hydrazone groups is 1. The lowest BCUT2D eigenvalue weighted by Crippen LogP contribution is -2.31. The van der Waals surface area contributed by atoms with Gasteiger partial charge in [0.15, 0.2) is 5.71 Å². The first kappa shape index (κ1) is 16.9. The van der Waals surface area contributed by atoms with Crippen LogP contribution in [0.2, 0.25) is 0 Å². The van der Waals surface area contributed by atoms with Gasteiger partial charge >= 0.3 is 0 Å². The standard InChI is InChI=1S/C17H16N4O3/c1-12(19-20-16(22)13-8-4-2-5-9-13)15(21-24)17(23)18-14-10-6-3-7-11-14/h2-11,24H,1H3,(H,18,23)(H,20,22)/b19-12-,21-15-. The zero-order valence-electron chi connectivity index (χ0n) is 12.9. The average Bonchev–Trinajstić information content (AvgIpc) is 2.62. The lowest BCUT2D eigenvalue weighted by atomic mass is 10.2. The molecule has 0 unspecified atom stereocenters. The van der Waals surface area contributed by atoms with Gasteiger partial charge in [-0.05, 0) is 31.2 Å². The molecule has 0 aliphatic carbocycles. The van der Waals surface area contributed by atoms with E-state index >= 15 is 0 Å². The van der Waals surface area contributed by atoms with Crippen molar-refractivity contribution in [1.29, 1.82) is 0 Å². The maximum atomic E-state index is 12.1. The Labute approximate surface area is 138 Å². The van der Waals surface area contributed by atoms with Crippen LogP contribution >= 0.6 is 0 Å². The van der Waals surface area contributed by atoms with Crippen molar-refractivity contribution >= 4 is 28.9 Å². The van der Waals surface area contributed by atoms with Gasteiger partial charge in [-0.25, -0.2) is 5.43 Å². The average molecular weight is 324 g/mol. The monoisotopic (exact) mass is 324 g/mol. The molecule has 2 aromatic carbocycles. The zero-order valence-corrected chi connectivity index (χ0v) is 12.9. The second-order valence-electron chi connectivity index (χ2n) is 4.77. The fourth-order valence-corrected chi connectivity index (χ4v) is 1.84. The van der Waals surface area contributed by atoms with Crippen LogP contribution < -0.4 is 10.7 Å². The van der Waals surface area contributed by atoms with Crippen molar-refractivity contribution in [3.63, 3.8) is 0 Å². The number of benzene rings is 2. The topological polar surface area (TPSA) is 103 Å². The van der Waals surface area contributed by atoms with E-state index in [2.05, 4.69) is 21.0 Å². The van der Waals surface area contributed by atoms with Gasteiger partial charge in [-0.1, -0.05) is 41.6 Å². The Bertz CT molecular complexity index is 771. The van der Waals surface area contributed by atoms with Crippen LogP contribution in [0.1, 0.15) is 17.3 Å². The number of oxime groups is 1. The minimum Gasteiger partial charge on any atom is -0.410 e. The third-order valence-corrected chi connectivity index (χ3v) is 3.05. The van der Waals surface area contributed by atoms with Crippen molar-refractivity contribution in [3.05, 3.63) is 66.2 Å². The Balaban J connectivity index is 2.04. The number of anilines is 1. The predicted molar refractivity (Wildman–Crippen MR) is 91.3 cm³/mol. The van der Waals surface area contributed by atoms with Gasteiger partial charge in [0.1, 0.15) is 0 Å². The fraction of sp³-hybridized carbons (Fsp3) is 0.0588. The molecule has 7 nitrogen and oxygen atoms in total. The highest BCUT2D eigenvalue weighted by Crippen LogP contribution is 2.05. The number of carbonyl (C=O) groups is 2. The molecule has 0 bridgehead atoms. The van der Waals surface area contributed by atoms with Crippen LogP contribution in [0, 0.1) is 0 Å². The van der Waals surface area contributed by atoms with E-state index in [1.807, 2.05) is 6.07 Å². The molecule has 2 aromatic rings.